The molecule has 0 spiro atoms. The quantitative estimate of drug-likeness (QED) is 0.640. The second-order valence-corrected chi connectivity index (χ2v) is 9.64. The first kappa shape index (κ1) is 21.7. The van der Waals surface area contributed by atoms with Crippen molar-refractivity contribution < 1.29 is 13.2 Å². The molecule has 3 aromatic carbocycles. The second-order valence-electron chi connectivity index (χ2n) is 7.49. The molecule has 6 heteroatoms. The lowest BCUT2D eigenvalue weighted by Crippen LogP contribution is -2.23. The van der Waals surface area contributed by atoms with Crippen LogP contribution in [0.5, 0.6) is 0 Å². The highest BCUT2D eigenvalue weighted by Gasteiger charge is 2.20. The molecule has 1 amide bonds. The Labute approximate surface area is 178 Å². The average molecular weight is 423 g/mol. The van der Waals surface area contributed by atoms with Gasteiger partial charge in [0, 0.05) is 19.8 Å². The smallest absolute Gasteiger partial charge is 0.242 e. The van der Waals surface area contributed by atoms with E-state index in [-0.39, 0.29) is 17.2 Å². The largest absolute Gasteiger partial charge is 0.326 e. The van der Waals surface area contributed by atoms with Gasteiger partial charge in [0.25, 0.3) is 0 Å². The Hall–Kier alpha value is -2.96. The van der Waals surface area contributed by atoms with Crippen molar-refractivity contribution in [3.63, 3.8) is 0 Å². The molecule has 0 heterocycles. The third-order valence-corrected chi connectivity index (χ3v) is 6.91. The van der Waals surface area contributed by atoms with Crippen LogP contribution < -0.4 is 5.32 Å². The maximum absolute atomic E-state index is 12.6. The summed E-state index contributed by atoms with van der Waals surface area (Å²) in [7, 11) is -0.606. The average Bonchev–Trinajstić information content (AvgIpc) is 2.72. The number of amides is 1. The zero-order valence-electron chi connectivity index (χ0n) is 17.6. The number of aryl methyl sites for hydroxylation is 1. The van der Waals surface area contributed by atoms with Crippen molar-refractivity contribution in [3.05, 3.63) is 83.4 Å². The maximum atomic E-state index is 12.6. The van der Waals surface area contributed by atoms with E-state index in [4.69, 9.17) is 0 Å². The molecule has 0 saturated heterocycles. The number of carbonyl (C=O) groups excluding carboxylic acids is 1. The van der Waals surface area contributed by atoms with Gasteiger partial charge in [0.1, 0.15) is 0 Å². The van der Waals surface area contributed by atoms with Gasteiger partial charge in [-0.3, -0.25) is 4.79 Å². The van der Waals surface area contributed by atoms with Crippen LogP contribution in [0.15, 0.2) is 71.6 Å². The number of carbonyl (C=O) groups is 1. The van der Waals surface area contributed by atoms with Crippen LogP contribution in [-0.4, -0.2) is 32.7 Å². The molecule has 0 radical (unpaired) electrons. The number of hydrogen-bond acceptors (Lipinski definition) is 3. The Morgan fingerprint density at radius 1 is 0.900 bits per heavy atom. The molecule has 0 bridgehead atoms. The van der Waals surface area contributed by atoms with E-state index in [0.29, 0.717) is 5.69 Å². The minimum atomic E-state index is -3.58. The second kappa shape index (κ2) is 8.81. The molecule has 0 aliphatic carbocycles. The topological polar surface area (TPSA) is 66.5 Å². The van der Waals surface area contributed by atoms with E-state index in [1.54, 1.807) is 6.07 Å². The molecule has 156 valence electrons. The van der Waals surface area contributed by atoms with E-state index < -0.39 is 10.0 Å². The molecule has 3 rings (SSSR count). The molecule has 0 aromatic heterocycles. The molecule has 5 nitrogen and oxygen atoms in total. The molecule has 0 unspecified atom stereocenters. The number of anilines is 1. The molecule has 0 fully saturated rings. The van der Waals surface area contributed by atoms with Crippen LogP contribution in [0.25, 0.3) is 11.1 Å². The molecule has 30 heavy (non-hydrogen) atoms. The van der Waals surface area contributed by atoms with E-state index in [2.05, 4.69) is 5.32 Å². The summed E-state index contributed by atoms with van der Waals surface area (Å²) in [6, 6.07) is 21.1. The van der Waals surface area contributed by atoms with Crippen LogP contribution in [0.3, 0.4) is 0 Å². The predicted octanol–water partition coefficient (Wildman–Crippen LogP) is 4.40. The van der Waals surface area contributed by atoms with Gasteiger partial charge in [-0.2, -0.15) is 0 Å². The molecule has 0 saturated carbocycles. The molecule has 1 N–H and O–H groups in total. The highest BCUT2D eigenvalue weighted by molar-refractivity contribution is 7.89. The Bertz CT molecular complexity index is 1150. The van der Waals surface area contributed by atoms with Crippen molar-refractivity contribution in [1.29, 1.82) is 0 Å². The molecule has 0 aliphatic heterocycles. The fourth-order valence-electron chi connectivity index (χ4n) is 3.14. The summed E-state index contributed by atoms with van der Waals surface area (Å²) in [5, 5.41) is 2.88. The SMILES string of the molecule is Cc1cc(S(=O)(=O)N(C)C)cc(NC(=O)Cc2ccc(-c3ccccc3)cc2)c1C. The Balaban J connectivity index is 1.77. The van der Waals surface area contributed by atoms with Gasteiger partial charge in [0.05, 0.1) is 11.3 Å². The lowest BCUT2D eigenvalue weighted by atomic mass is 10.0. The van der Waals surface area contributed by atoms with Gasteiger partial charge in [-0.25, -0.2) is 12.7 Å². The van der Waals surface area contributed by atoms with Gasteiger partial charge >= 0.3 is 0 Å². The zero-order chi connectivity index (χ0) is 21.9. The van der Waals surface area contributed by atoms with Gasteiger partial charge in [-0.1, -0.05) is 54.6 Å². The first-order valence-corrected chi connectivity index (χ1v) is 11.1. The number of sulfonamides is 1. The minimum absolute atomic E-state index is 0.165. The van der Waals surface area contributed by atoms with Crippen molar-refractivity contribution in [3.8, 4) is 11.1 Å². The summed E-state index contributed by atoms with van der Waals surface area (Å²) in [4.78, 5) is 12.8. The Morgan fingerprint density at radius 2 is 1.50 bits per heavy atom. The molecule has 3 aromatic rings. The third-order valence-electron chi connectivity index (χ3n) is 5.12. The zero-order valence-corrected chi connectivity index (χ0v) is 18.5. The van der Waals surface area contributed by atoms with Crippen LogP contribution in [0, 0.1) is 13.8 Å². The van der Waals surface area contributed by atoms with Gasteiger partial charge in [0.15, 0.2) is 0 Å². The number of rotatable bonds is 6. The first-order valence-electron chi connectivity index (χ1n) is 9.66. The molecule has 0 aliphatic rings. The summed E-state index contributed by atoms with van der Waals surface area (Å²) in [5.74, 6) is -0.190. The van der Waals surface area contributed by atoms with Gasteiger partial charge < -0.3 is 5.32 Å². The number of benzene rings is 3. The van der Waals surface area contributed by atoms with Crippen LogP contribution >= 0.6 is 0 Å². The van der Waals surface area contributed by atoms with Crippen molar-refractivity contribution in [2.45, 2.75) is 25.2 Å². The fraction of sp³-hybridized carbons (Fsp3) is 0.208. The van der Waals surface area contributed by atoms with E-state index in [0.717, 1.165) is 32.1 Å². The van der Waals surface area contributed by atoms with Crippen molar-refractivity contribution in [1.82, 2.24) is 4.31 Å². The van der Waals surface area contributed by atoms with Crippen molar-refractivity contribution in [2.24, 2.45) is 0 Å². The number of nitrogens with zero attached hydrogens (tertiary/aromatic N) is 1. The van der Waals surface area contributed by atoms with Crippen molar-refractivity contribution in [2.75, 3.05) is 19.4 Å². The lowest BCUT2D eigenvalue weighted by Gasteiger charge is -2.16. The monoisotopic (exact) mass is 422 g/mol. The molecular weight excluding hydrogens is 396 g/mol. The Morgan fingerprint density at radius 3 is 2.10 bits per heavy atom. The lowest BCUT2D eigenvalue weighted by molar-refractivity contribution is -0.115. The van der Waals surface area contributed by atoms with Gasteiger partial charge in [0.2, 0.25) is 15.9 Å². The van der Waals surface area contributed by atoms with Crippen molar-refractivity contribution >= 4 is 21.6 Å². The normalized spacial score (nSPS) is 11.5. The van der Waals surface area contributed by atoms with Gasteiger partial charge in [-0.05, 0) is 53.8 Å². The van der Waals surface area contributed by atoms with Crippen LogP contribution in [0.4, 0.5) is 5.69 Å². The summed E-state index contributed by atoms with van der Waals surface area (Å²) >= 11 is 0. The van der Waals surface area contributed by atoms with Crippen LogP contribution in [0.2, 0.25) is 0 Å². The highest BCUT2D eigenvalue weighted by atomic mass is 32.2. The predicted molar refractivity (Wildman–Crippen MR) is 121 cm³/mol. The minimum Gasteiger partial charge on any atom is -0.326 e. The van der Waals surface area contributed by atoms with E-state index in [1.807, 2.05) is 68.4 Å². The maximum Gasteiger partial charge on any atom is 0.242 e. The summed E-state index contributed by atoms with van der Waals surface area (Å²) < 4.78 is 26.1. The summed E-state index contributed by atoms with van der Waals surface area (Å²) in [5.41, 5.74) is 5.27. The highest BCUT2D eigenvalue weighted by Crippen LogP contribution is 2.26. The molecular formula is C24H26N2O3S. The van der Waals surface area contributed by atoms with Crippen LogP contribution in [-0.2, 0) is 21.2 Å². The first-order chi connectivity index (χ1) is 14.2. The van der Waals surface area contributed by atoms with E-state index in [9.17, 15) is 13.2 Å². The number of nitrogens with one attached hydrogen (secondary N) is 1. The van der Waals surface area contributed by atoms with Gasteiger partial charge in [-0.15, -0.1) is 0 Å². The fourth-order valence-corrected chi connectivity index (χ4v) is 4.16. The van der Waals surface area contributed by atoms with Crippen LogP contribution in [0.1, 0.15) is 16.7 Å². The Kier molecular flexibility index (Phi) is 6.39. The number of hydrogen-bond donors (Lipinski definition) is 1. The summed E-state index contributed by atoms with van der Waals surface area (Å²) in [6.07, 6.45) is 0.207. The van der Waals surface area contributed by atoms with E-state index >= 15 is 0 Å². The third kappa shape index (κ3) is 4.78. The molecule has 0 atom stereocenters. The van der Waals surface area contributed by atoms with E-state index in [1.165, 1.54) is 20.2 Å². The summed E-state index contributed by atoms with van der Waals surface area (Å²) in [6.45, 7) is 3.70. The standard InChI is InChI=1S/C24H26N2O3S/c1-17-14-22(30(28,29)26(3)4)16-23(18(17)2)25-24(27)15-19-10-12-21(13-11-19)20-8-6-5-7-9-20/h5-14,16H,15H2,1-4H3,(H,25,27).